The number of halogens is 2. The van der Waals surface area contributed by atoms with Gasteiger partial charge in [0.1, 0.15) is 5.75 Å². The fourth-order valence-electron chi connectivity index (χ4n) is 1.27. The Morgan fingerprint density at radius 3 is 2.33 bits per heavy atom. The minimum atomic E-state index is 0.776. The molecule has 1 aromatic carbocycles. The molecule has 0 fully saturated rings. The van der Waals surface area contributed by atoms with Crippen molar-refractivity contribution < 1.29 is 4.74 Å². The molecule has 0 aromatic heterocycles. The average Bonchev–Trinajstić information content (AvgIpc) is 2.26. The molecule has 0 aliphatic carbocycles. The lowest BCUT2D eigenvalue weighted by Crippen LogP contribution is -1.97. The van der Waals surface area contributed by atoms with Gasteiger partial charge in [-0.2, -0.15) is 0 Å². The quantitative estimate of drug-likeness (QED) is 0.405. The average molecular weight is 339 g/mol. The summed E-state index contributed by atoms with van der Waals surface area (Å²) in [5, 5.41) is 0. The summed E-state index contributed by atoms with van der Waals surface area (Å²) in [7, 11) is 0. The summed E-state index contributed by atoms with van der Waals surface area (Å²) in [6.45, 7) is 0.808. The van der Waals surface area contributed by atoms with Crippen molar-refractivity contribution in [2.24, 2.45) is 0 Å². The van der Waals surface area contributed by atoms with Crippen molar-refractivity contribution in [2.75, 3.05) is 12.5 Å². The third kappa shape index (κ3) is 6.25. The molecule has 1 aromatic rings. The van der Waals surface area contributed by atoms with E-state index in [9.17, 15) is 0 Å². The zero-order chi connectivity index (χ0) is 10.9. The Bertz CT molecular complexity index is 261. The first-order valence-electron chi connectivity index (χ1n) is 5.27. The Morgan fingerprint density at radius 1 is 1.00 bits per heavy atom. The second-order valence-electron chi connectivity index (χ2n) is 3.41. The van der Waals surface area contributed by atoms with Crippen LogP contribution in [0.15, 0.2) is 24.3 Å². The van der Waals surface area contributed by atoms with Crippen LogP contribution >= 0.6 is 34.2 Å². The fraction of sp³-hybridized carbons (Fsp3) is 0.500. The first kappa shape index (κ1) is 13.1. The fourth-order valence-corrected chi connectivity index (χ4v) is 1.82. The summed E-state index contributed by atoms with van der Waals surface area (Å²) in [5.41, 5.74) is 0. The lowest BCUT2D eigenvalue weighted by molar-refractivity contribution is 0.305. The van der Waals surface area contributed by atoms with Gasteiger partial charge in [-0.05, 0) is 59.7 Å². The van der Waals surface area contributed by atoms with Crippen molar-refractivity contribution in [1.82, 2.24) is 0 Å². The van der Waals surface area contributed by atoms with Crippen molar-refractivity contribution >= 4 is 34.2 Å². The molecular weight excluding hydrogens is 322 g/mol. The number of unbranched alkanes of at least 4 members (excludes halogenated alkanes) is 3. The van der Waals surface area contributed by atoms with Crippen LogP contribution in [0.25, 0.3) is 0 Å². The standard InChI is InChI=1S/C12H16ClIO/c13-9-3-1-2-4-10-15-12-7-5-11(14)6-8-12/h5-8H,1-4,9-10H2. The summed E-state index contributed by atoms with van der Waals surface area (Å²) in [5.74, 6) is 1.74. The number of alkyl halides is 1. The molecule has 0 radical (unpaired) electrons. The Balaban J connectivity index is 2.07. The van der Waals surface area contributed by atoms with Gasteiger partial charge in [-0.25, -0.2) is 0 Å². The molecule has 1 nitrogen and oxygen atoms in total. The van der Waals surface area contributed by atoms with Crippen molar-refractivity contribution in [3.05, 3.63) is 27.8 Å². The highest BCUT2D eigenvalue weighted by Crippen LogP contribution is 2.14. The minimum Gasteiger partial charge on any atom is -0.494 e. The number of rotatable bonds is 7. The Morgan fingerprint density at radius 2 is 1.67 bits per heavy atom. The lowest BCUT2D eigenvalue weighted by Gasteiger charge is -2.05. The Hall–Kier alpha value is 0.0400. The highest BCUT2D eigenvalue weighted by Gasteiger charge is 1.93. The monoisotopic (exact) mass is 338 g/mol. The highest BCUT2D eigenvalue weighted by molar-refractivity contribution is 14.1. The number of hydrogen-bond acceptors (Lipinski definition) is 1. The van der Waals surface area contributed by atoms with E-state index in [1.165, 1.54) is 16.4 Å². The summed E-state index contributed by atoms with van der Waals surface area (Å²) in [4.78, 5) is 0. The number of benzene rings is 1. The maximum Gasteiger partial charge on any atom is 0.119 e. The molecule has 0 atom stereocenters. The van der Waals surface area contributed by atoms with E-state index >= 15 is 0 Å². The van der Waals surface area contributed by atoms with E-state index in [0.29, 0.717) is 0 Å². The van der Waals surface area contributed by atoms with Gasteiger partial charge in [-0.3, -0.25) is 0 Å². The normalized spacial score (nSPS) is 10.3. The van der Waals surface area contributed by atoms with E-state index in [2.05, 4.69) is 34.7 Å². The molecular formula is C12H16ClIO. The second-order valence-corrected chi connectivity index (χ2v) is 5.03. The maximum atomic E-state index is 5.60. The molecule has 0 aliphatic rings. The first-order valence-corrected chi connectivity index (χ1v) is 6.88. The maximum absolute atomic E-state index is 5.60. The summed E-state index contributed by atoms with van der Waals surface area (Å²) in [6, 6.07) is 8.15. The molecule has 0 N–H and O–H groups in total. The van der Waals surface area contributed by atoms with Crippen LogP contribution in [-0.4, -0.2) is 12.5 Å². The molecule has 0 heterocycles. The second kappa shape index (κ2) is 8.22. The first-order chi connectivity index (χ1) is 7.33. The Kier molecular flexibility index (Phi) is 7.18. The largest absolute Gasteiger partial charge is 0.494 e. The predicted molar refractivity (Wildman–Crippen MR) is 73.8 cm³/mol. The van der Waals surface area contributed by atoms with Crippen LogP contribution in [0.1, 0.15) is 25.7 Å². The van der Waals surface area contributed by atoms with Crippen LogP contribution in [0.5, 0.6) is 5.75 Å². The summed E-state index contributed by atoms with van der Waals surface area (Å²) >= 11 is 7.88. The van der Waals surface area contributed by atoms with E-state index in [4.69, 9.17) is 16.3 Å². The SMILES string of the molecule is ClCCCCCCOc1ccc(I)cc1. The molecule has 0 saturated carbocycles. The van der Waals surface area contributed by atoms with Crippen molar-refractivity contribution in [2.45, 2.75) is 25.7 Å². The van der Waals surface area contributed by atoms with Gasteiger partial charge in [0.15, 0.2) is 0 Å². The van der Waals surface area contributed by atoms with Crippen LogP contribution in [0.4, 0.5) is 0 Å². The third-order valence-corrected chi connectivity index (χ3v) is 3.10. The molecule has 0 saturated heterocycles. The van der Waals surface area contributed by atoms with Gasteiger partial charge in [-0.1, -0.05) is 12.8 Å². The molecule has 1 rings (SSSR count). The Labute approximate surface area is 110 Å². The van der Waals surface area contributed by atoms with E-state index in [1.807, 2.05) is 12.1 Å². The van der Waals surface area contributed by atoms with Crippen molar-refractivity contribution in [3.8, 4) is 5.75 Å². The van der Waals surface area contributed by atoms with Crippen LogP contribution in [-0.2, 0) is 0 Å². The smallest absolute Gasteiger partial charge is 0.119 e. The van der Waals surface area contributed by atoms with Gasteiger partial charge in [-0.15, -0.1) is 11.6 Å². The highest BCUT2D eigenvalue weighted by atomic mass is 127. The summed E-state index contributed by atoms with van der Waals surface area (Å²) < 4.78 is 6.84. The van der Waals surface area contributed by atoms with Crippen LogP contribution in [0.3, 0.4) is 0 Å². The van der Waals surface area contributed by atoms with Gasteiger partial charge < -0.3 is 4.74 Å². The molecule has 3 heteroatoms. The molecule has 0 aliphatic heterocycles. The molecule has 84 valence electrons. The van der Waals surface area contributed by atoms with E-state index in [-0.39, 0.29) is 0 Å². The van der Waals surface area contributed by atoms with Crippen molar-refractivity contribution in [1.29, 1.82) is 0 Å². The van der Waals surface area contributed by atoms with Crippen LogP contribution in [0.2, 0.25) is 0 Å². The number of ether oxygens (including phenoxy) is 1. The minimum absolute atomic E-state index is 0.776. The third-order valence-electron chi connectivity index (χ3n) is 2.11. The molecule has 0 unspecified atom stereocenters. The van der Waals surface area contributed by atoms with E-state index in [0.717, 1.165) is 31.1 Å². The molecule has 0 amide bonds. The molecule has 15 heavy (non-hydrogen) atoms. The topological polar surface area (TPSA) is 9.23 Å². The van der Waals surface area contributed by atoms with Gasteiger partial charge in [0, 0.05) is 9.45 Å². The van der Waals surface area contributed by atoms with Gasteiger partial charge >= 0.3 is 0 Å². The van der Waals surface area contributed by atoms with Crippen LogP contribution in [0, 0.1) is 3.57 Å². The van der Waals surface area contributed by atoms with Gasteiger partial charge in [0.05, 0.1) is 6.61 Å². The number of hydrogen-bond donors (Lipinski definition) is 0. The lowest BCUT2D eigenvalue weighted by atomic mass is 10.2. The zero-order valence-electron chi connectivity index (χ0n) is 8.72. The predicted octanol–water partition coefficient (Wildman–Crippen LogP) is 4.47. The van der Waals surface area contributed by atoms with Gasteiger partial charge in [0.25, 0.3) is 0 Å². The van der Waals surface area contributed by atoms with Gasteiger partial charge in [0.2, 0.25) is 0 Å². The molecule has 0 spiro atoms. The van der Waals surface area contributed by atoms with E-state index in [1.54, 1.807) is 0 Å². The van der Waals surface area contributed by atoms with E-state index < -0.39 is 0 Å². The summed E-state index contributed by atoms with van der Waals surface area (Å²) in [6.07, 6.45) is 4.64. The van der Waals surface area contributed by atoms with Crippen molar-refractivity contribution in [3.63, 3.8) is 0 Å². The zero-order valence-corrected chi connectivity index (χ0v) is 11.6. The van der Waals surface area contributed by atoms with Crippen LogP contribution < -0.4 is 4.74 Å². The molecule has 0 bridgehead atoms.